The summed E-state index contributed by atoms with van der Waals surface area (Å²) in [7, 11) is 3.12. The van der Waals surface area contributed by atoms with Crippen LogP contribution in [0.1, 0.15) is 91.9 Å². The summed E-state index contributed by atoms with van der Waals surface area (Å²) in [6, 6.07) is 7.39. The van der Waals surface area contributed by atoms with Crippen LogP contribution in [0.15, 0.2) is 24.3 Å². The smallest absolute Gasteiger partial charge is 0.316 e. The molecule has 0 aromatic heterocycles. The second-order valence-corrected chi connectivity index (χ2v) is 11.2. The van der Waals surface area contributed by atoms with Gasteiger partial charge in [-0.3, -0.25) is 9.52 Å². The van der Waals surface area contributed by atoms with Crippen molar-refractivity contribution in [3.05, 3.63) is 52.1 Å². The Morgan fingerprint density at radius 2 is 1.45 bits per heavy atom. The van der Waals surface area contributed by atoms with Crippen LogP contribution >= 0.6 is 0 Å². The number of phenols is 1. The number of carbonyl (C=O) groups is 1. The fourth-order valence-corrected chi connectivity index (χ4v) is 4.76. The van der Waals surface area contributed by atoms with E-state index in [0.717, 1.165) is 11.1 Å². The van der Waals surface area contributed by atoms with Crippen LogP contribution < -0.4 is 8.91 Å². The molecule has 2 rings (SSSR count). The summed E-state index contributed by atoms with van der Waals surface area (Å²) in [5.74, 6) is 0.810. The van der Waals surface area contributed by atoms with Gasteiger partial charge in [-0.05, 0) is 59.1 Å². The first-order valence-electron chi connectivity index (χ1n) is 13.1. The summed E-state index contributed by atoms with van der Waals surface area (Å²) in [6.45, 7) is 15.7. The topological polar surface area (TPSA) is 97.3 Å². The van der Waals surface area contributed by atoms with Gasteiger partial charge in [0.15, 0.2) is 0 Å². The molecular formula is C29H44N2O6S. The minimum absolute atomic E-state index is 0.101. The minimum atomic E-state index is -1.95. The monoisotopic (exact) mass is 548 g/mol. The number of hydrogen-bond acceptors (Lipinski definition) is 6. The number of amides is 1. The molecule has 0 spiro atoms. The number of nitrogens with zero attached hydrogens (tertiary/aromatic N) is 1. The summed E-state index contributed by atoms with van der Waals surface area (Å²) in [5, 5.41) is 10.7. The Morgan fingerprint density at radius 3 is 1.89 bits per heavy atom. The number of anilines is 1. The number of benzene rings is 2. The largest absolute Gasteiger partial charge is 0.507 e. The third-order valence-corrected chi connectivity index (χ3v) is 7.11. The molecule has 8 nitrogen and oxygen atoms in total. The van der Waals surface area contributed by atoms with Gasteiger partial charge in [-0.25, -0.2) is 0 Å². The third kappa shape index (κ3) is 8.19. The van der Waals surface area contributed by atoms with Crippen LogP contribution in [0.2, 0.25) is 0 Å². The van der Waals surface area contributed by atoms with Gasteiger partial charge in [0.05, 0.1) is 24.5 Å². The predicted molar refractivity (Wildman–Crippen MR) is 154 cm³/mol. The molecule has 2 N–H and O–H groups in total. The number of nitrogens with one attached hydrogen (secondary N) is 1. The van der Waals surface area contributed by atoms with E-state index >= 15 is 0 Å². The molecule has 0 saturated heterocycles. The van der Waals surface area contributed by atoms with E-state index in [1.807, 2.05) is 0 Å². The van der Waals surface area contributed by atoms with Gasteiger partial charge in [-0.1, -0.05) is 53.7 Å². The van der Waals surface area contributed by atoms with Crippen LogP contribution in [-0.2, 0) is 20.7 Å². The zero-order valence-electron chi connectivity index (χ0n) is 24.2. The number of ether oxygens (including phenoxy) is 2. The fraction of sp³-hybridized carbons (Fsp3) is 0.552. The average molecular weight is 549 g/mol. The quantitative estimate of drug-likeness (QED) is 0.286. The zero-order valence-corrected chi connectivity index (χ0v) is 25.0. The highest BCUT2D eigenvalue weighted by atomic mass is 32.2. The summed E-state index contributed by atoms with van der Waals surface area (Å²) in [6.07, 6.45) is 0. The summed E-state index contributed by atoms with van der Waals surface area (Å²) in [5.41, 5.74) is 4.19. The summed E-state index contributed by atoms with van der Waals surface area (Å²) >= 11 is -1.95. The van der Waals surface area contributed by atoms with Gasteiger partial charge in [0, 0.05) is 27.3 Å². The lowest BCUT2D eigenvalue weighted by molar-refractivity contribution is 0.0624. The maximum Gasteiger partial charge on any atom is 0.316 e. The van der Waals surface area contributed by atoms with Gasteiger partial charge in [-0.2, -0.15) is 4.21 Å². The van der Waals surface area contributed by atoms with E-state index in [0.29, 0.717) is 49.2 Å². The molecule has 2 aromatic carbocycles. The Labute approximate surface area is 230 Å². The molecule has 1 atom stereocenters. The Balaban J connectivity index is 2.39. The highest BCUT2D eigenvalue weighted by Gasteiger charge is 2.23. The van der Waals surface area contributed by atoms with Crippen LogP contribution in [0.3, 0.4) is 0 Å². The molecule has 0 bridgehead atoms. The highest BCUT2D eigenvalue weighted by molar-refractivity contribution is 7.82. The van der Waals surface area contributed by atoms with Crippen molar-refractivity contribution in [1.82, 2.24) is 4.90 Å². The van der Waals surface area contributed by atoms with Crippen LogP contribution in [0.25, 0.3) is 0 Å². The van der Waals surface area contributed by atoms with Crippen molar-refractivity contribution in [2.45, 2.75) is 66.2 Å². The van der Waals surface area contributed by atoms with E-state index in [1.165, 1.54) is 11.6 Å². The molecule has 1 unspecified atom stereocenters. The number of aromatic hydroxyl groups is 1. The second-order valence-electron chi connectivity index (χ2n) is 10.4. The van der Waals surface area contributed by atoms with Gasteiger partial charge >= 0.3 is 11.3 Å². The number of phenolic OH excluding ortho intramolecular Hbond substituents is 1. The SMILES string of the molecule is COCCN(CCOC)C(=O)c1cc(NS(=O)Oc2c(C(C)C)cc(C(C)C)cc2C(C)C)cc(C)c1O. The average Bonchev–Trinajstić information content (AvgIpc) is 2.85. The summed E-state index contributed by atoms with van der Waals surface area (Å²) in [4.78, 5) is 14.9. The van der Waals surface area contributed by atoms with Crippen molar-refractivity contribution in [2.75, 3.05) is 45.2 Å². The Hall–Kier alpha value is -2.62. The first-order valence-corrected chi connectivity index (χ1v) is 14.1. The lowest BCUT2D eigenvalue weighted by Gasteiger charge is -2.23. The number of hydrogen-bond donors (Lipinski definition) is 2. The Morgan fingerprint density at radius 1 is 0.921 bits per heavy atom. The van der Waals surface area contributed by atoms with Crippen LogP contribution in [0.4, 0.5) is 5.69 Å². The lowest BCUT2D eigenvalue weighted by Crippen LogP contribution is -2.36. The van der Waals surface area contributed by atoms with Gasteiger partial charge in [0.25, 0.3) is 5.91 Å². The number of rotatable bonds is 14. The molecule has 0 aliphatic heterocycles. The van der Waals surface area contributed by atoms with E-state index in [1.54, 1.807) is 32.1 Å². The van der Waals surface area contributed by atoms with E-state index in [4.69, 9.17) is 13.7 Å². The molecule has 212 valence electrons. The van der Waals surface area contributed by atoms with Crippen molar-refractivity contribution in [1.29, 1.82) is 0 Å². The molecule has 0 heterocycles. The molecule has 0 aliphatic rings. The first kappa shape index (κ1) is 31.6. The number of aryl methyl sites for hydroxylation is 1. The highest BCUT2D eigenvalue weighted by Crippen LogP contribution is 2.38. The van der Waals surface area contributed by atoms with Gasteiger partial charge in [0.2, 0.25) is 0 Å². The summed E-state index contributed by atoms with van der Waals surface area (Å²) < 4.78 is 32.4. The standard InChI is InChI=1S/C29H44N2O6S/c1-18(2)22-15-24(19(3)4)28(25(16-22)20(5)6)37-38(34)30-23-14-21(7)27(32)26(17-23)29(33)31(10-12-35-8)11-13-36-9/h14-20,30,32H,10-13H2,1-9H3. The van der Waals surface area contributed by atoms with E-state index < -0.39 is 11.3 Å². The maximum absolute atomic E-state index is 13.3. The van der Waals surface area contributed by atoms with E-state index in [2.05, 4.69) is 58.4 Å². The van der Waals surface area contributed by atoms with Gasteiger partial charge in [0.1, 0.15) is 11.5 Å². The molecular weight excluding hydrogens is 504 g/mol. The number of methoxy groups -OCH3 is 2. The second kappa shape index (κ2) is 14.5. The zero-order chi connectivity index (χ0) is 28.6. The van der Waals surface area contributed by atoms with E-state index in [-0.39, 0.29) is 29.1 Å². The maximum atomic E-state index is 13.3. The molecule has 9 heteroatoms. The molecule has 2 aromatic rings. The van der Waals surface area contributed by atoms with Crippen LogP contribution in [0.5, 0.6) is 11.5 Å². The van der Waals surface area contributed by atoms with Crippen LogP contribution in [-0.4, -0.2) is 60.6 Å². The minimum Gasteiger partial charge on any atom is -0.507 e. The molecule has 38 heavy (non-hydrogen) atoms. The van der Waals surface area contributed by atoms with E-state index in [9.17, 15) is 14.1 Å². The van der Waals surface area contributed by atoms with Crippen molar-refractivity contribution in [2.24, 2.45) is 0 Å². The number of carbonyl (C=O) groups excluding carboxylic acids is 1. The van der Waals surface area contributed by atoms with Crippen molar-refractivity contribution >= 4 is 22.9 Å². The Bertz CT molecular complexity index is 1080. The molecule has 0 aliphatic carbocycles. The normalized spacial score (nSPS) is 12.3. The Kier molecular flexibility index (Phi) is 12.1. The fourth-order valence-electron chi connectivity index (χ4n) is 4.07. The van der Waals surface area contributed by atoms with Crippen molar-refractivity contribution in [3.63, 3.8) is 0 Å². The van der Waals surface area contributed by atoms with Crippen LogP contribution in [0, 0.1) is 6.92 Å². The lowest BCUT2D eigenvalue weighted by atomic mass is 9.88. The van der Waals surface area contributed by atoms with Gasteiger partial charge in [-0.15, -0.1) is 0 Å². The van der Waals surface area contributed by atoms with Crippen molar-refractivity contribution in [3.8, 4) is 11.5 Å². The molecule has 0 radical (unpaired) electrons. The first-order chi connectivity index (χ1) is 17.9. The molecule has 0 fully saturated rings. The third-order valence-electron chi connectivity index (χ3n) is 6.39. The molecule has 1 amide bonds. The van der Waals surface area contributed by atoms with Crippen molar-refractivity contribution < 1.29 is 27.8 Å². The predicted octanol–water partition coefficient (Wildman–Crippen LogP) is 5.88. The molecule has 0 saturated carbocycles. The van der Waals surface area contributed by atoms with Gasteiger partial charge < -0.3 is 23.7 Å².